The Morgan fingerprint density at radius 3 is 2.73 bits per heavy atom. The number of benzene rings is 1. The maximum absolute atomic E-state index is 13.2. The fourth-order valence-corrected chi connectivity index (χ4v) is 2.13. The fourth-order valence-electron chi connectivity index (χ4n) is 2.13. The van der Waals surface area contributed by atoms with Gasteiger partial charge in [0.25, 0.3) is 0 Å². The summed E-state index contributed by atoms with van der Waals surface area (Å²) in [7, 11) is 0. The monoisotopic (exact) mass is 211 g/mol. The lowest BCUT2D eigenvalue weighted by molar-refractivity contribution is 0.454. The normalized spacial score (nSPS) is 21.7. The van der Waals surface area contributed by atoms with Gasteiger partial charge in [-0.1, -0.05) is 6.07 Å². The van der Waals surface area contributed by atoms with Crippen molar-refractivity contribution < 1.29 is 8.78 Å². The van der Waals surface area contributed by atoms with Crippen molar-refractivity contribution in [1.29, 1.82) is 0 Å². The summed E-state index contributed by atoms with van der Waals surface area (Å²) in [6.45, 7) is 3.50. The Morgan fingerprint density at radius 2 is 2.13 bits per heavy atom. The van der Waals surface area contributed by atoms with Gasteiger partial charge in [0, 0.05) is 6.54 Å². The number of halogens is 2. The first kappa shape index (κ1) is 10.6. The molecule has 3 heteroatoms. The van der Waals surface area contributed by atoms with Gasteiger partial charge in [0.15, 0.2) is 11.6 Å². The summed E-state index contributed by atoms with van der Waals surface area (Å²) in [5, 5.41) is 3.27. The van der Waals surface area contributed by atoms with Crippen molar-refractivity contribution in [2.75, 3.05) is 13.1 Å². The van der Waals surface area contributed by atoms with E-state index in [-0.39, 0.29) is 0 Å². The van der Waals surface area contributed by atoms with Crippen molar-refractivity contribution in [2.45, 2.75) is 25.7 Å². The highest BCUT2D eigenvalue weighted by Crippen LogP contribution is 2.26. The van der Waals surface area contributed by atoms with Gasteiger partial charge < -0.3 is 5.32 Å². The molecule has 1 nitrogen and oxygen atoms in total. The lowest BCUT2D eigenvalue weighted by Crippen LogP contribution is -2.28. The van der Waals surface area contributed by atoms with Crippen molar-refractivity contribution in [3.8, 4) is 0 Å². The molecule has 0 aromatic heterocycles. The summed E-state index contributed by atoms with van der Waals surface area (Å²) in [6.07, 6.45) is 2.15. The van der Waals surface area contributed by atoms with Crippen molar-refractivity contribution in [3.63, 3.8) is 0 Å². The number of piperidine rings is 1. The second-order valence-corrected chi connectivity index (χ2v) is 4.18. The Kier molecular flexibility index (Phi) is 3.00. The quantitative estimate of drug-likeness (QED) is 0.753. The highest BCUT2D eigenvalue weighted by atomic mass is 19.2. The molecule has 0 saturated carbocycles. The van der Waals surface area contributed by atoms with Crippen LogP contribution in [0.4, 0.5) is 8.78 Å². The third-order valence-corrected chi connectivity index (χ3v) is 3.00. The van der Waals surface area contributed by atoms with Gasteiger partial charge in [0.1, 0.15) is 0 Å². The second-order valence-electron chi connectivity index (χ2n) is 4.18. The zero-order valence-corrected chi connectivity index (χ0v) is 8.82. The van der Waals surface area contributed by atoms with Crippen LogP contribution in [0.3, 0.4) is 0 Å². The van der Waals surface area contributed by atoms with E-state index in [9.17, 15) is 8.78 Å². The molecule has 82 valence electrons. The van der Waals surface area contributed by atoms with E-state index in [0.717, 1.165) is 31.5 Å². The number of hydrogen-bond donors (Lipinski definition) is 1. The lowest BCUT2D eigenvalue weighted by atomic mass is 9.90. The Morgan fingerprint density at radius 1 is 1.33 bits per heavy atom. The van der Waals surface area contributed by atoms with Gasteiger partial charge in [-0.05, 0) is 49.4 Å². The van der Waals surface area contributed by atoms with Crippen LogP contribution in [0, 0.1) is 18.6 Å². The molecule has 0 aliphatic carbocycles. The second kappa shape index (κ2) is 4.27. The molecular weight excluding hydrogens is 196 g/mol. The van der Waals surface area contributed by atoms with Crippen molar-refractivity contribution >= 4 is 0 Å². The molecule has 1 heterocycles. The smallest absolute Gasteiger partial charge is 0.161 e. The number of hydrogen-bond acceptors (Lipinski definition) is 1. The average Bonchev–Trinajstić information content (AvgIpc) is 2.26. The van der Waals surface area contributed by atoms with Gasteiger partial charge in [0.05, 0.1) is 0 Å². The van der Waals surface area contributed by atoms with Gasteiger partial charge in [-0.2, -0.15) is 0 Å². The molecular formula is C12H15F2N. The van der Waals surface area contributed by atoms with E-state index in [1.165, 1.54) is 6.07 Å². The molecule has 1 aromatic rings. The van der Waals surface area contributed by atoms with Gasteiger partial charge in [0.2, 0.25) is 0 Å². The summed E-state index contributed by atoms with van der Waals surface area (Å²) in [5.74, 6) is -1.12. The van der Waals surface area contributed by atoms with Crippen LogP contribution in [0.2, 0.25) is 0 Å². The van der Waals surface area contributed by atoms with Gasteiger partial charge in [-0.25, -0.2) is 8.78 Å². The van der Waals surface area contributed by atoms with Gasteiger partial charge >= 0.3 is 0 Å². The number of rotatable bonds is 1. The molecule has 1 aromatic carbocycles. The fraction of sp³-hybridized carbons (Fsp3) is 0.500. The molecule has 15 heavy (non-hydrogen) atoms. The minimum absolute atomic E-state index is 0.326. The molecule has 1 aliphatic heterocycles. The average molecular weight is 211 g/mol. The minimum Gasteiger partial charge on any atom is -0.316 e. The predicted octanol–water partition coefficient (Wildman–Crippen LogP) is 2.74. The Labute approximate surface area is 88.5 Å². The van der Waals surface area contributed by atoms with E-state index >= 15 is 0 Å². The van der Waals surface area contributed by atoms with Crippen LogP contribution in [0.15, 0.2) is 12.1 Å². The Balaban J connectivity index is 2.27. The van der Waals surface area contributed by atoms with Crippen LogP contribution in [0.1, 0.15) is 29.9 Å². The van der Waals surface area contributed by atoms with Gasteiger partial charge in [-0.15, -0.1) is 0 Å². The third-order valence-electron chi connectivity index (χ3n) is 3.00. The molecule has 0 spiro atoms. The predicted molar refractivity (Wildman–Crippen MR) is 55.9 cm³/mol. The molecule has 1 N–H and O–H groups in total. The number of nitrogens with one attached hydrogen (secondary N) is 1. The molecule has 1 aliphatic rings. The standard InChI is InChI=1S/C12H15F2N/c1-8-5-10(6-11(13)12(8)14)9-3-2-4-15-7-9/h5-6,9,15H,2-4,7H2,1H3. The molecule has 0 radical (unpaired) electrons. The van der Waals surface area contributed by atoms with Crippen LogP contribution >= 0.6 is 0 Å². The van der Waals surface area contributed by atoms with Crippen LogP contribution in [0.5, 0.6) is 0 Å². The number of aryl methyl sites for hydroxylation is 1. The highest BCUT2D eigenvalue weighted by Gasteiger charge is 2.17. The van der Waals surface area contributed by atoms with E-state index in [4.69, 9.17) is 0 Å². The molecule has 0 bridgehead atoms. The van der Waals surface area contributed by atoms with E-state index < -0.39 is 11.6 Å². The first-order valence-electron chi connectivity index (χ1n) is 5.34. The molecule has 2 rings (SSSR count). The molecule has 0 amide bonds. The van der Waals surface area contributed by atoms with Crippen molar-refractivity contribution in [2.24, 2.45) is 0 Å². The lowest BCUT2D eigenvalue weighted by Gasteiger charge is -2.23. The summed E-state index contributed by atoms with van der Waals surface area (Å²) >= 11 is 0. The Hall–Kier alpha value is -0.960. The summed E-state index contributed by atoms with van der Waals surface area (Å²) in [4.78, 5) is 0. The van der Waals surface area contributed by atoms with E-state index in [1.807, 2.05) is 0 Å². The summed E-state index contributed by atoms with van der Waals surface area (Å²) in [6, 6.07) is 3.09. The van der Waals surface area contributed by atoms with Gasteiger partial charge in [-0.3, -0.25) is 0 Å². The minimum atomic E-state index is -0.726. The first-order valence-corrected chi connectivity index (χ1v) is 5.34. The van der Waals surface area contributed by atoms with E-state index in [0.29, 0.717) is 11.5 Å². The molecule has 1 unspecified atom stereocenters. The summed E-state index contributed by atoms with van der Waals surface area (Å²) in [5.41, 5.74) is 1.31. The molecule has 1 fully saturated rings. The molecule has 1 saturated heterocycles. The zero-order chi connectivity index (χ0) is 10.8. The zero-order valence-electron chi connectivity index (χ0n) is 8.82. The first-order chi connectivity index (χ1) is 7.18. The van der Waals surface area contributed by atoms with E-state index in [2.05, 4.69) is 5.32 Å². The summed E-state index contributed by atoms with van der Waals surface area (Å²) < 4.78 is 26.3. The maximum Gasteiger partial charge on any atom is 0.161 e. The SMILES string of the molecule is Cc1cc(C2CCCNC2)cc(F)c1F. The third kappa shape index (κ3) is 2.17. The van der Waals surface area contributed by atoms with Crippen LogP contribution in [-0.4, -0.2) is 13.1 Å². The highest BCUT2D eigenvalue weighted by molar-refractivity contribution is 5.28. The Bertz CT molecular complexity index is 334. The van der Waals surface area contributed by atoms with Crippen molar-refractivity contribution in [3.05, 3.63) is 34.9 Å². The van der Waals surface area contributed by atoms with E-state index in [1.54, 1.807) is 13.0 Å². The van der Waals surface area contributed by atoms with Crippen LogP contribution in [0.25, 0.3) is 0 Å². The van der Waals surface area contributed by atoms with Crippen LogP contribution in [-0.2, 0) is 0 Å². The molecule has 1 atom stereocenters. The van der Waals surface area contributed by atoms with Crippen molar-refractivity contribution in [1.82, 2.24) is 5.32 Å². The largest absolute Gasteiger partial charge is 0.316 e. The van der Waals surface area contributed by atoms with Crippen LogP contribution < -0.4 is 5.32 Å². The maximum atomic E-state index is 13.2. The topological polar surface area (TPSA) is 12.0 Å².